The van der Waals surface area contributed by atoms with E-state index in [1.165, 1.54) is 6.08 Å². The maximum atomic E-state index is 11.4. The number of nitrogens with zero attached hydrogens (tertiary/aromatic N) is 1. The molecule has 0 aliphatic heterocycles. The van der Waals surface area contributed by atoms with Crippen molar-refractivity contribution < 1.29 is 14.3 Å². The highest BCUT2D eigenvalue weighted by molar-refractivity contribution is 5.97. The first-order chi connectivity index (χ1) is 9.21. The molecule has 0 saturated heterocycles. The Kier molecular flexibility index (Phi) is 6.17. The highest BCUT2D eigenvalue weighted by atomic mass is 16.5. The van der Waals surface area contributed by atoms with Gasteiger partial charge in [0.05, 0.1) is 13.2 Å². The van der Waals surface area contributed by atoms with Crippen LogP contribution in [0.25, 0.3) is 6.08 Å². The maximum Gasteiger partial charge on any atom is 0.348 e. The highest BCUT2D eigenvalue weighted by Crippen LogP contribution is 2.15. The molecule has 4 heteroatoms. The third-order valence-electron chi connectivity index (χ3n) is 2.28. The molecular weight excluding hydrogens is 242 g/mol. The summed E-state index contributed by atoms with van der Waals surface area (Å²) in [5.41, 5.74) is 0.748. The lowest BCUT2D eigenvalue weighted by Crippen LogP contribution is -2.05. The molecule has 0 amide bonds. The molecule has 0 aliphatic rings. The van der Waals surface area contributed by atoms with Gasteiger partial charge in [0.15, 0.2) is 0 Å². The Morgan fingerprint density at radius 3 is 2.53 bits per heavy atom. The lowest BCUT2D eigenvalue weighted by atomic mass is 10.1. The number of nitriles is 1. The molecule has 0 saturated carbocycles. The van der Waals surface area contributed by atoms with Gasteiger partial charge in [-0.15, -0.1) is 0 Å². The Labute approximate surface area is 113 Å². The molecule has 0 fully saturated rings. The number of esters is 1. The van der Waals surface area contributed by atoms with Gasteiger partial charge in [0.2, 0.25) is 0 Å². The zero-order valence-corrected chi connectivity index (χ0v) is 11.2. The van der Waals surface area contributed by atoms with Crippen molar-refractivity contribution in [2.24, 2.45) is 0 Å². The van der Waals surface area contributed by atoms with Crippen LogP contribution in [0.5, 0.6) is 5.75 Å². The van der Waals surface area contributed by atoms with Gasteiger partial charge in [-0.05, 0) is 37.1 Å². The predicted octanol–water partition coefficient (Wildman–Crippen LogP) is 2.95. The van der Waals surface area contributed by atoms with Crippen LogP contribution in [0.4, 0.5) is 0 Å². The number of hydrogen-bond acceptors (Lipinski definition) is 4. The van der Waals surface area contributed by atoms with Crippen molar-refractivity contribution in [1.29, 1.82) is 5.26 Å². The van der Waals surface area contributed by atoms with E-state index < -0.39 is 5.97 Å². The third kappa shape index (κ3) is 4.84. The van der Waals surface area contributed by atoms with Crippen molar-refractivity contribution in [3.8, 4) is 11.8 Å². The van der Waals surface area contributed by atoms with Gasteiger partial charge in [0.1, 0.15) is 17.4 Å². The fourth-order valence-corrected chi connectivity index (χ4v) is 1.39. The van der Waals surface area contributed by atoms with E-state index in [0.29, 0.717) is 6.61 Å². The molecule has 0 atom stereocenters. The van der Waals surface area contributed by atoms with Crippen LogP contribution in [-0.4, -0.2) is 19.2 Å². The van der Waals surface area contributed by atoms with Crippen LogP contribution in [-0.2, 0) is 9.53 Å². The number of ether oxygens (including phenoxy) is 2. The molecule has 4 nitrogen and oxygen atoms in total. The van der Waals surface area contributed by atoms with Gasteiger partial charge in [0, 0.05) is 0 Å². The SMILES string of the molecule is CCCOc1ccc(/C=C(\C#N)C(=O)OCC)cc1. The maximum absolute atomic E-state index is 11.4. The molecule has 0 aromatic heterocycles. The van der Waals surface area contributed by atoms with E-state index in [0.717, 1.165) is 17.7 Å². The van der Waals surface area contributed by atoms with Crippen LogP contribution in [0, 0.1) is 11.3 Å². The van der Waals surface area contributed by atoms with Crippen LogP contribution in [0.1, 0.15) is 25.8 Å². The molecule has 0 aliphatic carbocycles. The summed E-state index contributed by atoms with van der Waals surface area (Å²) < 4.78 is 10.2. The van der Waals surface area contributed by atoms with Crippen molar-refractivity contribution in [2.75, 3.05) is 13.2 Å². The molecule has 0 spiro atoms. The second-order valence-corrected chi connectivity index (χ2v) is 3.81. The Morgan fingerprint density at radius 1 is 1.32 bits per heavy atom. The molecule has 0 unspecified atom stereocenters. The summed E-state index contributed by atoms with van der Waals surface area (Å²) in [5, 5.41) is 8.91. The number of hydrogen-bond donors (Lipinski definition) is 0. The molecule has 1 aromatic carbocycles. The van der Waals surface area contributed by atoms with Gasteiger partial charge in [-0.3, -0.25) is 0 Å². The van der Waals surface area contributed by atoms with Crippen molar-refractivity contribution in [1.82, 2.24) is 0 Å². The Hall–Kier alpha value is -2.28. The van der Waals surface area contributed by atoms with Gasteiger partial charge in [-0.2, -0.15) is 5.26 Å². The van der Waals surface area contributed by atoms with E-state index in [1.54, 1.807) is 19.1 Å². The first-order valence-corrected chi connectivity index (χ1v) is 6.23. The molecule has 0 radical (unpaired) electrons. The van der Waals surface area contributed by atoms with Gasteiger partial charge < -0.3 is 9.47 Å². The minimum atomic E-state index is -0.601. The molecule has 1 aromatic rings. The third-order valence-corrected chi connectivity index (χ3v) is 2.28. The lowest BCUT2D eigenvalue weighted by molar-refractivity contribution is -0.137. The van der Waals surface area contributed by atoms with Crippen LogP contribution < -0.4 is 4.74 Å². The summed E-state index contributed by atoms with van der Waals surface area (Å²) in [6.07, 6.45) is 2.45. The van der Waals surface area contributed by atoms with Crippen molar-refractivity contribution in [3.63, 3.8) is 0 Å². The molecule has 19 heavy (non-hydrogen) atoms. The van der Waals surface area contributed by atoms with Gasteiger partial charge >= 0.3 is 5.97 Å². The van der Waals surface area contributed by atoms with E-state index in [1.807, 2.05) is 25.1 Å². The number of carbonyl (C=O) groups excluding carboxylic acids is 1. The summed E-state index contributed by atoms with van der Waals surface area (Å²) in [6, 6.07) is 9.04. The predicted molar refractivity (Wildman–Crippen MR) is 72.5 cm³/mol. The summed E-state index contributed by atoms with van der Waals surface area (Å²) >= 11 is 0. The van der Waals surface area contributed by atoms with Crippen LogP contribution >= 0.6 is 0 Å². The largest absolute Gasteiger partial charge is 0.494 e. The Balaban J connectivity index is 2.80. The Morgan fingerprint density at radius 2 is 2.00 bits per heavy atom. The fraction of sp³-hybridized carbons (Fsp3) is 0.333. The van der Waals surface area contributed by atoms with Gasteiger partial charge in [-0.1, -0.05) is 19.1 Å². The summed E-state index contributed by atoms with van der Waals surface area (Å²) in [5.74, 6) is 0.171. The van der Waals surface area contributed by atoms with Gasteiger partial charge in [-0.25, -0.2) is 4.79 Å². The number of rotatable bonds is 6. The number of carbonyl (C=O) groups is 1. The van der Waals surface area contributed by atoms with Crippen molar-refractivity contribution in [3.05, 3.63) is 35.4 Å². The average Bonchev–Trinajstić information content (AvgIpc) is 2.44. The summed E-state index contributed by atoms with van der Waals surface area (Å²) in [6.45, 7) is 4.66. The van der Waals surface area contributed by atoms with Crippen LogP contribution in [0.15, 0.2) is 29.8 Å². The first kappa shape index (κ1) is 14.8. The summed E-state index contributed by atoms with van der Waals surface area (Å²) in [4.78, 5) is 11.4. The molecule has 0 N–H and O–H groups in total. The van der Waals surface area contributed by atoms with E-state index in [2.05, 4.69) is 0 Å². The van der Waals surface area contributed by atoms with E-state index in [9.17, 15) is 4.79 Å². The smallest absolute Gasteiger partial charge is 0.348 e. The van der Waals surface area contributed by atoms with E-state index >= 15 is 0 Å². The summed E-state index contributed by atoms with van der Waals surface area (Å²) in [7, 11) is 0. The van der Waals surface area contributed by atoms with E-state index in [-0.39, 0.29) is 12.2 Å². The standard InChI is InChI=1S/C15H17NO3/c1-3-9-19-14-7-5-12(6-8-14)10-13(11-16)15(17)18-4-2/h5-8,10H,3-4,9H2,1-2H3/b13-10+. The molecule has 0 heterocycles. The average molecular weight is 259 g/mol. The normalized spacial score (nSPS) is 10.7. The highest BCUT2D eigenvalue weighted by Gasteiger charge is 2.09. The minimum absolute atomic E-state index is 0.0101. The zero-order chi connectivity index (χ0) is 14.1. The molecular formula is C15H17NO3. The fourth-order valence-electron chi connectivity index (χ4n) is 1.39. The monoisotopic (exact) mass is 259 g/mol. The lowest BCUT2D eigenvalue weighted by Gasteiger charge is -2.04. The first-order valence-electron chi connectivity index (χ1n) is 6.23. The van der Waals surface area contributed by atoms with Crippen molar-refractivity contribution >= 4 is 12.0 Å². The minimum Gasteiger partial charge on any atom is -0.494 e. The zero-order valence-electron chi connectivity index (χ0n) is 11.2. The second kappa shape index (κ2) is 7.93. The number of benzene rings is 1. The molecule has 0 bridgehead atoms. The quantitative estimate of drug-likeness (QED) is 0.447. The van der Waals surface area contributed by atoms with Crippen molar-refractivity contribution in [2.45, 2.75) is 20.3 Å². The Bertz CT molecular complexity index is 483. The van der Waals surface area contributed by atoms with Crippen LogP contribution in [0.3, 0.4) is 0 Å². The van der Waals surface area contributed by atoms with E-state index in [4.69, 9.17) is 14.7 Å². The second-order valence-electron chi connectivity index (χ2n) is 3.81. The van der Waals surface area contributed by atoms with Crippen LogP contribution in [0.2, 0.25) is 0 Å². The molecule has 1 rings (SSSR count). The topological polar surface area (TPSA) is 59.3 Å². The molecule has 100 valence electrons. The van der Waals surface area contributed by atoms with Gasteiger partial charge in [0.25, 0.3) is 0 Å².